The molecule has 1 heterocycles. The van der Waals surface area contributed by atoms with E-state index in [1.807, 2.05) is 13.8 Å². The second-order valence-electron chi connectivity index (χ2n) is 3.97. The zero-order valence-electron chi connectivity index (χ0n) is 10.2. The summed E-state index contributed by atoms with van der Waals surface area (Å²) in [6, 6.07) is 4.78. The van der Waals surface area contributed by atoms with E-state index in [0.717, 1.165) is 17.7 Å². The van der Waals surface area contributed by atoms with E-state index in [4.69, 9.17) is 5.73 Å². The van der Waals surface area contributed by atoms with Gasteiger partial charge in [-0.2, -0.15) is 0 Å². The van der Waals surface area contributed by atoms with Gasteiger partial charge >= 0.3 is 0 Å². The number of anilines is 1. The Balaban J connectivity index is 2.58. The Hall–Kier alpha value is -1.49. The van der Waals surface area contributed by atoms with Gasteiger partial charge in [0.25, 0.3) is 0 Å². The summed E-state index contributed by atoms with van der Waals surface area (Å²) in [5.74, 6) is 0.377. The minimum Gasteiger partial charge on any atom is -0.383 e. The molecule has 2 N–H and O–H groups in total. The second-order valence-corrected chi connectivity index (χ2v) is 4.89. The lowest BCUT2D eigenvalue weighted by atomic mass is 10.1. The number of nitrogens with zero attached hydrogens (tertiary/aromatic N) is 2. The predicted octanol–water partition coefficient (Wildman–Crippen LogP) is 3.50. The molecule has 0 spiro atoms. The number of hydrogen-bond acceptors (Lipinski definition) is 3. The summed E-state index contributed by atoms with van der Waals surface area (Å²) in [6.07, 6.45) is 0.765. The van der Waals surface area contributed by atoms with E-state index in [-0.39, 0.29) is 5.82 Å². The Morgan fingerprint density at radius 2 is 2.06 bits per heavy atom. The Bertz CT molecular complexity index is 576. The summed E-state index contributed by atoms with van der Waals surface area (Å²) >= 11 is 3.22. The highest BCUT2D eigenvalue weighted by atomic mass is 79.9. The first kappa shape index (κ1) is 13.0. The van der Waals surface area contributed by atoms with E-state index in [1.165, 1.54) is 6.07 Å². The van der Waals surface area contributed by atoms with Crippen LogP contribution in [0.2, 0.25) is 0 Å². The lowest BCUT2D eigenvalue weighted by Crippen LogP contribution is -2.05. The Morgan fingerprint density at radius 3 is 2.61 bits per heavy atom. The van der Waals surface area contributed by atoms with Gasteiger partial charge in [0.15, 0.2) is 5.82 Å². The lowest BCUT2D eigenvalue weighted by molar-refractivity contribution is 0.629. The van der Waals surface area contributed by atoms with Gasteiger partial charge in [0.1, 0.15) is 11.6 Å². The van der Waals surface area contributed by atoms with Gasteiger partial charge in [-0.15, -0.1) is 0 Å². The van der Waals surface area contributed by atoms with Crippen LogP contribution in [-0.2, 0) is 6.42 Å². The van der Waals surface area contributed by atoms with E-state index in [1.54, 1.807) is 12.1 Å². The molecule has 0 unspecified atom stereocenters. The maximum absolute atomic E-state index is 13.8. The smallest absolute Gasteiger partial charge is 0.164 e. The average molecular weight is 310 g/mol. The first-order valence-electron chi connectivity index (χ1n) is 5.61. The number of nitrogen functional groups attached to an aromatic ring is 1. The largest absolute Gasteiger partial charge is 0.383 e. The van der Waals surface area contributed by atoms with Gasteiger partial charge in [0.2, 0.25) is 0 Å². The molecule has 0 atom stereocenters. The Morgan fingerprint density at radius 1 is 1.33 bits per heavy atom. The van der Waals surface area contributed by atoms with Crippen molar-refractivity contribution in [3.63, 3.8) is 0 Å². The van der Waals surface area contributed by atoms with Crippen LogP contribution in [0, 0.1) is 12.7 Å². The zero-order valence-corrected chi connectivity index (χ0v) is 11.8. The molecule has 0 aliphatic heterocycles. The first-order chi connectivity index (χ1) is 8.52. The number of benzene rings is 1. The van der Waals surface area contributed by atoms with Crippen molar-refractivity contribution in [2.75, 3.05) is 5.73 Å². The predicted molar refractivity (Wildman–Crippen MR) is 73.7 cm³/mol. The number of nitrogens with two attached hydrogens (primary N) is 1. The van der Waals surface area contributed by atoms with E-state index < -0.39 is 0 Å². The molecule has 3 nitrogen and oxygen atoms in total. The molecule has 0 saturated heterocycles. The van der Waals surface area contributed by atoms with Crippen molar-refractivity contribution in [1.82, 2.24) is 9.97 Å². The van der Waals surface area contributed by atoms with Crippen LogP contribution in [0.4, 0.5) is 10.2 Å². The summed E-state index contributed by atoms with van der Waals surface area (Å²) in [5, 5.41) is 0. The molecule has 0 amide bonds. The molecule has 94 valence electrons. The number of rotatable bonds is 2. The van der Waals surface area contributed by atoms with Crippen molar-refractivity contribution < 1.29 is 4.39 Å². The average Bonchev–Trinajstić information content (AvgIpc) is 2.28. The monoisotopic (exact) mass is 309 g/mol. The Labute approximate surface area is 113 Å². The fourth-order valence-corrected chi connectivity index (χ4v) is 2.18. The van der Waals surface area contributed by atoms with Crippen molar-refractivity contribution in [2.24, 2.45) is 0 Å². The van der Waals surface area contributed by atoms with Crippen LogP contribution in [0.25, 0.3) is 11.4 Å². The topological polar surface area (TPSA) is 51.8 Å². The minimum absolute atomic E-state index is 0.326. The lowest BCUT2D eigenvalue weighted by Gasteiger charge is -2.09. The summed E-state index contributed by atoms with van der Waals surface area (Å²) in [4.78, 5) is 8.50. The highest BCUT2D eigenvalue weighted by Crippen LogP contribution is 2.25. The van der Waals surface area contributed by atoms with Gasteiger partial charge in [0.05, 0.1) is 5.56 Å². The summed E-state index contributed by atoms with van der Waals surface area (Å²) in [5.41, 5.74) is 7.93. The van der Waals surface area contributed by atoms with Gasteiger partial charge in [0, 0.05) is 15.7 Å². The molecule has 0 fully saturated rings. The fourth-order valence-electron chi connectivity index (χ4n) is 1.85. The molecule has 18 heavy (non-hydrogen) atoms. The van der Waals surface area contributed by atoms with Crippen molar-refractivity contribution in [1.29, 1.82) is 0 Å². The van der Waals surface area contributed by atoms with Crippen molar-refractivity contribution >= 4 is 21.7 Å². The third-order valence-electron chi connectivity index (χ3n) is 2.77. The SMILES string of the molecule is CCc1c(C)nc(-c2ccc(Br)cc2F)nc1N. The molecule has 0 aliphatic carbocycles. The standard InChI is InChI=1S/C13H13BrFN3/c1-3-9-7(2)17-13(18-12(9)16)10-5-4-8(14)6-11(10)15/h4-6H,3H2,1-2H3,(H2,16,17,18). The molecule has 2 aromatic rings. The molecule has 1 aromatic carbocycles. The maximum Gasteiger partial charge on any atom is 0.164 e. The highest BCUT2D eigenvalue weighted by Gasteiger charge is 2.12. The van der Waals surface area contributed by atoms with Crippen LogP contribution in [0.3, 0.4) is 0 Å². The van der Waals surface area contributed by atoms with Gasteiger partial charge in [-0.1, -0.05) is 22.9 Å². The first-order valence-corrected chi connectivity index (χ1v) is 6.40. The number of hydrogen-bond donors (Lipinski definition) is 1. The van der Waals surface area contributed by atoms with Crippen LogP contribution >= 0.6 is 15.9 Å². The van der Waals surface area contributed by atoms with Crippen LogP contribution in [0.1, 0.15) is 18.2 Å². The number of halogens is 2. The summed E-state index contributed by atoms with van der Waals surface area (Å²) < 4.78 is 14.5. The quantitative estimate of drug-likeness (QED) is 0.923. The van der Waals surface area contributed by atoms with E-state index >= 15 is 0 Å². The summed E-state index contributed by atoms with van der Waals surface area (Å²) in [6.45, 7) is 3.85. The molecule has 0 bridgehead atoms. The van der Waals surface area contributed by atoms with E-state index in [9.17, 15) is 4.39 Å². The van der Waals surface area contributed by atoms with Gasteiger partial charge in [-0.25, -0.2) is 14.4 Å². The fraction of sp³-hybridized carbons (Fsp3) is 0.231. The van der Waals surface area contributed by atoms with Gasteiger partial charge in [-0.3, -0.25) is 0 Å². The Kier molecular flexibility index (Phi) is 3.61. The van der Waals surface area contributed by atoms with E-state index in [2.05, 4.69) is 25.9 Å². The van der Waals surface area contributed by atoms with Gasteiger partial charge in [-0.05, 0) is 31.5 Å². The van der Waals surface area contributed by atoms with Gasteiger partial charge < -0.3 is 5.73 Å². The third kappa shape index (κ3) is 2.36. The molecule has 5 heteroatoms. The molecular formula is C13H13BrFN3. The molecule has 0 aliphatic rings. The maximum atomic E-state index is 13.8. The van der Waals surface area contributed by atoms with Crippen LogP contribution in [0.15, 0.2) is 22.7 Å². The van der Waals surface area contributed by atoms with Crippen LogP contribution < -0.4 is 5.73 Å². The van der Waals surface area contributed by atoms with Crippen molar-refractivity contribution in [3.05, 3.63) is 39.7 Å². The number of aromatic nitrogens is 2. The molecular weight excluding hydrogens is 297 g/mol. The zero-order chi connectivity index (χ0) is 13.3. The minimum atomic E-state index is -0.368. The third-order valence-corrected chi connectivity index (χ3v) is 3.26. The molecule has 1 aromatic heterocycles. The molecule has 2 rings (SSSR count). The van der Waals surface area contributed by atoms with E-state index in [0.29, 0.717) is 21.7 Å². The van der Waals surface area contributed by atoms with Crippen LogP contribution in [0.5, 0.6) is 0 Å². The normalized spacial score (nSPS) is 10.7. The van der Waals surface area contributed by atoms with Crippen molar-refractivity contribution in [2.45, 2.75) is 20.3 Å². The molecule has 0 radical (unpaired) electrons. The second kappa shape index (κ2) is 5.02. The summed E-state index contributed by atoms with van der Waals surface area (Å²) in [7, 11) is 0. The van der Waals surface area contributed by atoms with Crippen LogP contribution in [-0.4, -0.2) is 9.97 Å². The molecule has 0 saturated carbocycles. The number of aryl methyl sites for hydroxylation is 1. The highest BCUT2D eigenvalue weighted by molar-refractivity contribution is 9.10. The van der Waals surface area contributed by atoms with Crippen molar-refractivity contribution in [3.8, 4) is 11.4 Å².